The van der Waals surface area contributed by atoms with E-state index in [0.29, 0.717) is 5.69 Å². The summed E-state index contributed by atoms with van der Waals surface area (Å²) in [5, 5.41) is 8.82. The molecule has 0 heterocycles. The second-order valence-electron chi connectivity index (χ2n) is 3.47. The van der Waals surface area contributed by atoms with E-state index in [1.165, 1.54) is 6.07 Å². The van der Waals surface area contributed by atoms with Gasteiger partial charge in [0, 0.05) is 11.3 Å². The van der Waals surface area contributed by atoms with Gasteiger partial charge < -0.3 is 10.8 Å². The maximum atomic E-state index is 10.7. The number of carboxylic acid groups (broad SMARTS) is 1. The monoisotopic (exact) mass is 213 g/mol. The lowest BCUT2D eigenvalue weighted by Gasteiger charge is -2.06. The highest BCUT2D eigenvalue weighted by atomic mass is 16.4. The van der Waals surface area contributed by atoms with E-state index < -0.39 is 5.97 Å². The van der Waals surface area contributed by atoms with E-state index in [4.69, 9.17) is 10.8 Å². The fourth-order valence-corrected chi connectivity index (χ4v) is 1.58. The third-order valence-corrected chi connectivity index (χ3v) is 2.38. The van der Waals surface area contributed by atoms with Crippen molar-refractivity contribution in [2.75, 3.05) is 5.73 Å². The molecular weight excluding hydrogens is 202 g/mol. The van der Waals surface area contributed by atoms with Gasteiger partial charge in [-0.2, -0.15) is 0 Å². The van der Waals surface area contributed by atoms with E-state index in [-0.39, 0.29) is 5.56 Å². The molecule has 3 heteroatoms. The van der Waals surface area contributed by atoms with E-state index in [9.17, 15) is 4.79 Å². The van der Waals surface area contributed by atoms with E-state index in [1.54, 1.807) is 12.1 Å². The number of carboxylic acids is 1. The molecule has 0 unspecified atom stereocenters. The lowest BCUT2D eigenvalue weighted by Crippen LogP contribution is -1.99. The molecule has 0 saturated heterocycles. The lowest BCUT2D eigenvalue weighted by molar-refractivity contribution is 0.0697. The number of hydrogen-bond acceptors (Lipinski definition) is 2. The van der Waals surface area contributed by atoms with Gasteiger partial charge in [-0.05, 0) is 17.7 Å². The normalized spacial score (nSPS) is 10.0. The summed E-state index contributed by atoms with van der Waals surface area (Å²) >= 11 is 0. The molecule has 0 radical (unpaired) electrons. The summed E-state index contributed by atoms with van der Waals surface area (Å²) < 4.78 is 0. The van der Waals surface area contributed by atoms with E-state index >= 15 is 0 Å². The van der Waals surface area contributed by atoms with Crippen LogP contribution < -0.4 is 5.73 Å². The van der Waals surface area contributed by atoms with E-state index in [0.717, 1.165) is 11.1 Å². The van der Waals surface area contributed by atoms with Gasteiger partial charge in [-0.15, -0.1) is 0 Å². The van der Waals surface area contributed by atoms with Crippen LogP contribution >= 0.6 is 0 Å². The van der Waals surface area contributed by atoms with Crippen molar-refractivity contribution in [3.63, 3.8) is 0 Å². The Bertz CT molecular complexity index is 521. The van der Waals surface area contributed by atoms with Crippen LogP contribution in [-0.2, 0) is 0 Å². The first kappa shape index (κ1) is 10.2. The highest BCUT2D eigenvalue weighted by Crippen LogP contribution is 2.26. The highest BCUT2D eigenvalue weighted by molar-refractivity contribution is 5.91. The molecule has 0 aliphatic rings. The maximum Gasteiger partial charge on any atom is 0.335 e. The molecule has 0 bridgehead atoms. The van der Waals surface area contributed by atoms with Crippen LogP contribution in [-0.4, -0.2) is 11.1 Å². The van der Waals surface area contributed by atoms with Crippen LogP contribution in [0.3, 0.4) is 0 Å². The van der Waals surface area contributed by atoms with Gasteiger partial charge >= 0.3 is 5.97 Å². The second-order valence-corrected chi connectivity index (χ2v) is 3.47. The number of nitrogens with two attached hydrogens (primary N) is 1. The fraction of sp³-hybridized carbons (Fsp3) is 0. The molecule has 2 aromatic rings. The topological polar surface area (TPSA) is 63.3 Å². The molecule has 0 fully saturated rings. The molecule has 0 aliphatic heterocycles. The fourth-order valence-electron chi connectivity index (χ4n) is 1.58. The van der Waals surface area contributed by atoms with E-state index in [1.807, 2.05) is 30.3 Å². The highest BCUT2D eigenvalue weighted by Gasteiger charge is 2.07. The minimum atomic E-state index is -0.966. The Balaban J connectivity index is 2.48. The van der Waals surface area contributed by atoms with Gasteiger partial charge in [0.25, 0.3) is 0 Å². The van der Waals surface area contributed by atoms with Crippen molar-refractivity contribution in [1.29, 1.82) is 0 Å². The number of aromatic carboxylic acids is 1. The average Bonchev–Trinajstić information content (AvgIpc) is 2.30. The molecule has 0 atom stereocenters. The number of hydrogen-bond donors (Lipinski definition) is 2. The van der Waals surface area contributed by atoms with Gasteiger partial charge in [0.15, 0.2) is 0 Å². The van der Waals surface area contributed by atoms with Crippen LogP contribution in [0.25, 0.3) is 11.1 Å². The minimum absolute atomic E-state index is 0.206. The maximum absolute atomic E-state index is 10.7. The quantitative estimate of drug-likeness (QED) is 0.754. The molecule has 16 heavy (non-hydrogen) atoms. The lowest BCUT2D eigenvalue weighted by atomic mass is 10.0. The summed E-state index contributed by atoms with van der Waals surface area (Å²) in [6, 6.07) is 14.4. The molecule has 3 N–H and O–H groups in total. The molecule has 2 rings (SSSR count). The molecule has 0 spiro atoms. The van der Waals surface area contributed by atoms with Gasteiger partial charge in [-0.3, -0.25) is 0 Å². The zero-order valence-corrected chi connectivity index (χ0v) is 8.55. The first-order valence-electron chi connectivity index (χ1n) is 4.87. The first-order chi connectivity index (χ1) is 7.68. The van der Waals surface area contributed by atoms with Crippen LogP contribution in [0.15, 0.2) is 48.5 Å². The molecule has 0 saturated carbocycles. The van der Waals surface area contributed by atoms with Crippen LogP contribution in [0.4, 0.5) is 5.69 Å². The van der Waals surface area contributed by atoms with Gasteiger partial charge in [0.05, 0.1) is 5.56 Å². The van der Waals surface area contributed by atoms with Crippen molar-refractivity contribution < 1.29 is 9.90 Å². The largest absolute Gasteiger partial charge is 0.478 e. The minimum Gasteiger partial charge on any atom is -0.478 e. The Hall–Kier alpha value is -2.29. The Labute approximate surface area is 93.1 Å². The average molecular weight is 213 g/mol. The van der Waals surface area contributed by atoms with Crippen LogP contribution in [0.2, 0.25) is 0 Å². The number of benzene rings is 2. The van der Waals surface area contributed by atoms with Gasteiger partial charge in [-0.1, -0.05) is 36.4 Å². The molecular formula is C13H11NO2. The van der Waals surface area contributed by atoms with Crippen LogP contribution in [0.1, 0.15) is 10.4 Å². The Morgan fingerprint density at radius 1 is 1.06 bits per heavy atom. The van der Waals surface area contributed by atoms with Gasteiger partial charge in [-0.25, -0.2) is 4.79 Å². The molecule has 2 aromatic carbocycles. The summed E-state index contributed by atoms with van der Waals surface area (Å²) in [5.74, 6) is -0.966. The summed E-state index contributed by atoms with van der Waals surface area (Å²) in [5.41, 5.74) is 8.35. The van der Waals surface area contributed by atoms with Crippen molar-refractivity contribution in [3.05, 3.63) is 54.1 Å². The predicted octanol–water partition coefficient (Wildman–Crippen LogP) is 2.63. The number of rotatable bonds is 2. The smallest absolute Gasteiger partial charge is 0.335 e. The van der Waals surface area contributed by atoms with Gasteiger partial charge in [0.1, 0.15) is 0 Å². The van der Waals surface area contributed by atoms with Crippen molar-refractivity contribution in [2.45, 2.75) is 0 Å². The molecule has 0 amide bonds. The third kappa shape index (κ3) is 1.88. The second kappa shape index (κ2) is 4.06. The van der Waals surface area contributed by atoms with Crippen molar-refractivity contribution >= 4 is 11.7 Å². The zero-order valence-electron chi connectivity index (χ0n) is 8.55. The van der Waals surface area contributed by atoms with Crippen molar-refractivity contribution in [1.82, 2.24) is 0 Å². The molecule has 80 valence electrons. The number of carbonyl (C=O) groups is 1. The number of nitrogen functional groups attached to an aromatic ring is 1. The van der Waals surface area contributed by atoms with Crippen molar-refractivity contribution in [2.24, 2.45) is 0 Å². The van der Waals surface area contributed by atoms with Gasteiger partial charge in [0.2, 0.25) is 0 Å². The first-order valence-corrected chi connectivity index (χ1v) is 4.87. The van der Waals surface area contributed by atoms with E-state index in [2.05, 4.69) is 0 Å². The summed E-state index contributed by atoms with van der Waals surface area (Å²) in [6.07, 6.45) is 0. The summed E-state index contributed by atoms with van der Waals surface area (Å²) in [6.45, 7) is 0. The standard InChI is InChI=1S/C13H11NO2/c14-12-8-10(13(15)16)6-7-11(12)9-4-2-1-3-5-9/h1-8H,14H2,(H,15,16). The summed E-state index contributed by atoms with van der Waals surface area (Å²) in [7, 11) is 0. The predicted molar refractivity (Wildman–Crippen MR) is 63.2 cm³/mol. The Morgan fingerprint density at radius 3 is 2.31 bits per heavy atom. The zero-order chi connectivity index (χ0) is 11.5. The Kier molecular flexibility index (Phi) is 2.60. The molecule has 3 nitrogen and oxygen atoms in total. The molecule has 0 aliphatic carbocycles. The SMILES string of the molecule is Nc1cc(C(=O)O)ccc1-c1ccccc1. The number of anilines is 1. The van der Waals surface area contributed by atoms with Crippen molar-refractivity contribution in [3.8, 4) is 11.1 Å². The van der Waals surface area contributed by atoms with Crippen LogP contribution in [0, 0.1) is 0 Å². The van der Waals surface area contributed by atoms with Crippen LogP contribution in [0.5, 0.6) is 0 Å². The Morgan fingerprint density at radius 2 is 1.75 bits per heavy atom. The third-order valence-electron chi connectivity index (χ3n) is 2.38. The molecule has 0 aromatic heterocycles. The summed E-state index contributed by atoms with van der Waals surface area (Å²) in [4.78, 5) is 10.7.